The molecule has 2 aromatic heterocycles. The van der Waals surface area contributed by atoms with Gasteiger partial charge in [0, 0.05) is 12.4 Å². The maximum atomic E-state index is 11.4. The minimum atomic E-state index is -4.07. The van der Waals surface area contributed by atoms with Crippen LogP contribution in [0, 0.1) is 0 Å². The van der Waals surface area contributed by atoms with E-state index in [-0.39, 0.29) is 11.1 Å². The summed E-state index contributed by atoms with van der Waals surface area (Å²) in [6.07, 6.45) is 5.47. The van der Waals surface area contributed by atoms with Gasteiger partial charge in [0.2, 0.25) is 0 Å². The fourth-order valence-electron chi connectivity index (χ4n) is 1.65. The Hall–Kier alpha value is -1.76. The summed E-state index contributed by atoms with van der Waals surface area (Å²) in [6.45, 7) is 0.568. The zero-order valence-electron chi connectivity index (χ0n) is 9.93. The van der Waals surface area contributed by atoms with Crippen LogP contribution in [0.1, 0.15) is 12.8 Å². The van der Waals surface area contributed by atoms with Crippen molar-refractivity contribution < 1.29 is 14.4 Å². The van der Waals surface area contributed by atoms with Gasteiger partial charge in [0.15, 0.2) is 11.2 Å². The number of hydrogen-bond acceptors (Lipinski definition) is 4. The summed E-state index contributed by atoms with van der Waals surface area (Å²) >= 11 is 0. The number of allylic oxidation sites excluding steroid dienone is 1. The van der Waals surface area contributed by atoms with Crippen molar-refractivity contribution in [3.8, 4) is 0 Å². The number of aryl methyl sites for hydroxylation is 1. The van der Waals surface area contributed by atoms with Crippen LogP contribution in [0.3, 0.4) is 0 Å². The Morgan fingerprint density at radius 3 is 2.95 bits per heavy atom. The number of hydrogen-bond donors (Lipinski definition) is 3. The topological polar surface area (TPSA) is 121 Å². The number of fused-ring (bicyclic) bond motifs is 1. The first-order valence-corrected chi connectivity index (χ1v) is 7.27. The molecule has 2 rings (SSSR count). The van der Waals surface area contributed by atoms with E-state index in [4.69, 9.17) is 9.79 Å². The summed E-state index contributed by atoms with van der Waals surface area (Å²) in [5.41, 5.74) is 0.501. The number of H-pyrrole nitrogens is 1. The number of nitrogens with zero attached hydrogens (tertiary/aromatic N) is 3. The molecule has 3 N–H and O–H groups in total. The van der Waals surface area contributed by atoms with E-state index in [1.807, 2.05) is 0 Å². The van der Waals surface area contributed by atoms with Crippen molar-refractivity contribution in [3.63, 3.8) is 0 Å². The van der Waals surface area contributed by atoms with Crippen molar-refractivity contribution in [3.05, 3.63) is 34.9 Å². The summed E-state index contributed by atoms with van der Waals surface area (Å²) < 4.78 is 12.3. The second-order valence-electron chi connectivity index (χ2n) is 3.96. The van der Waals surface area contributed by atoms with Crippen LogP contribution in [-0.4, -0.2) is 29.3 Å². The molecule has 0 saturated heterocycles. The SMILES string of the molecule is O=c1[nH]cnc2c1ncn2CCC/C=C/P(=O)(O)O. The molecule has 0 atom stereocenters. The van der Waals surface area contributed by atoms with Crippen molar-refractivity contribution in [1.29, 1.82) is 0 Å². The second-order valence-corrected chi connectivity index (χ2v) is 5.43. The first-order valence-electron chi connectivity index (χ1n) is 5.59. The lowest BCUT2D eigenvalue weighted by molar-refractivity contribution is 0.386. The molecule has 0 amide bonds. The summed E-state index contributed by atoms with van der Waals surface area (Å²) in [5.74, 6) is 0.891. The van der Waals surface area contributed by atoms with Gasteiger partial charge in [-0.25, -0.2) is 9.97 Å². The van der Waals surface area contributed by atoms with Gasteiger partial charge in [-0.05, 0) is 12.8 Å². The molecule has 9 heteroatoms. The molecule has 0 spiro atoms. The van der Waals surface area contributed by atoms with Crippen molar-refractivity contribution in [1.82, 2.24) is 19.5 Å². The standard InChI is InChI=1S/C10H13N4O4P/c15-10-8-9(11-6-12-10)14(7-13-8)4-2-1-3-5-19(16,17)18/h3,5-7H,1-2,4H2,(H,11,12,15)(H2,16,17,18)/b5-3+. The number of aromatic amines is 1. The molecule has 2 heterocycles. The molecule has 0 unspecified atom stereocenters. The molecule has 0 aromatic carbocycles. The fourth-order valence-corrected chi connectivity index (χ4v) is 2.07. The van der Waals surface area contributed by atoms with E-state index in [1.54, 1.807) is 4.57 Å². The first-order chi connectivity index (χ1) is 8.97. The van der Waals surface area contributed by atoms with Crippen LogP contribution in [-0.2, 0) is 11.1 Å². The highest BCUT2D eigenvalue weighted by Gasteiger charge is 2.07. The fraction of sp³-hybridized carbons (Fsp3) is 0.300. The highest BCUT2D eigenvalue weighted by molar-refractivity contribution is 7.55. The lowest BCUT2D eigenvalue weighted by atomic mass is 10.3. The van der Waals surface area contributed by atoms with Crippen LogP contribution >= 0.6 is 7.60 Å². The molecule has 0 saturated carbocycles. The average molecular weight is 284 g/mol. The summed E-state index contributed by atoms with van der Waals surface area (Å²) in [6, 6.07) is 0. The Labute approximate surface area is 108 Å². The van der Waals surface area contributed by atoms with Gasteiger partial charge in [0.1, 0.15) is 0 Å². The largest absolute Gasteiger partial charge is 0.348 e. The predicted molar refractivity (Wildman–Crippen MR) is 68.6 cm³/mol. The Morgan fingerprint density at radius 1 is 1.42 bits per heavy atom. The molecular weight excluding hydrogens is 271 g/mol. The molecule has 0 fully saturated rings. The lowest BCUT2D eigenvalue weighted by Gasteiger charge is -2.01. The van der Waals surface area contributed by atoms with Crippen LogP contribution in [0.5, 0.6) is 0 Å². The quantitative estimate of drug-likeness (QED) is 0.545. The van der Waals surface area contributed by atoms with E-state index in [0.717, 1.165) is 5.82 Å². The van der Waals surface area contributed by atoms with E-state index in [9.17, 15) is 9.36 Å². The van der Waals surface area contributed by atoms with Crippen molar-refractivity contribution in [2.45, 2.75) is 19.4 Å². The molecule has 0 aliphatic carbocycles. The highest BCUT2D eigenvalue weighted by Crippen LogP contribution is 2.36. The number of aromatic nitrogens is 4. The van der Waals surface area contributed by atoms with E-state index in [0.29, 0.717) is 25.0 Å². The number of imidazole rings is 1. The van der Waals surface area contributed by atoms with Gasteiger partial charge in [-0.2, -0.15) is 0 Å². The normalized spacial score (nSPS) is 12.5. The maximum absolute atomic E-state index is 11.4. The number of rotatable bonds is 5. The molecule has 0 radical (unpaired) electrons. The van der Waals surface area contributed by atoms with Gasteiger partial charge in [-0.1, -0.05) is 6.08 Å². The van der Waals surface area contributed by atoms with E-state index >= 15 is 0 Å². The van der Waals surface area contributed by atoms with Gasteiger partial charge >= 0.3 is 7.60 Å². The van der Waals surface area contributed by atoms with Gasteiger partial charge in [-0.3, -0.25) is 9.36 Å². The summed E-state index contributed by atoms with van der Waals surface area (Å²) in [7, 11) is -4.07. The summed E-state index contributed by atoms with van der Waals surface area (Å²) in [4.78, 5) is 39.1. The molecule has 102 valence electrons. The number of nitrogens with one attached hydrogen (secondary N) is 1. The van der Waals surface area contributed by atoms with E-state index < -0.39 is 7.60 Å². The minimum absolute atomic E-state index is 0.285. The van der Waals surface area contributed by atoms with Crippen molar-refractivity contribution in [2.24, 2.45) is 0 Å². The minimum Gasteiger partial charge on any atom is -0.321 e. The Kier molecular flexibility index (Phi) is 3.94. The zero-order chi connectivity index (χ0) is 13.9. The average Bonchev–Trinajstić information content (AvgIpc) is 2.72. The Morgan fingerprint density at radius 2 is 2.21 bits per heavy atom. The van der Waals surface area contributed by atoms with Gasteiger partial charge < -0.3 is 19.3 Å². The highest BCUT2D eigenvalue weighted by atomic mass is 31.2. The molecule has 19 heavy (non-hydrogen) atoms. The molecule has 8 nitrogen and oxygen atoms in total. The van der Waals surface area contributed by atoms with Crippen molar-refractivity contribution in [2.75, 3.05) is 0 Å². The molecule has 2 aromatic rings. The number of unbranched alkanes of at least 4 members (excludes halogenated alkanes) is 1. The predicted octanol–water partition coefficient (Wildman–Crippen LogP) is 0.591. The van der Waals surface area contributed by atoms with Crippen molar-refractivity contribution >= 4 is 18.8 Å². The third-order valence-corrected chi connectivity index (χ3v) is 3.08. The van der Waals surface area contributed by atoms with Crippen LogP contribution in [0.4, 0.5) is 0 Å². The van der Waals surface area contributed by atoms with Gasteiger partial charge in [0.05, 0.1) is 12.7 Å². The van der Waals surface area contributed by atoms with Crippen LogP contribution in [0.2, 0.25) is 0 Å². The first kappa shape index (κ1) is 13.7. The molecule has 0 aliphatic heterocycles. The Balaban J connectivity index is 2.00. The second kappa shape index (κ2) is 5.48. The monoisotopic (exact) mass is 284 g/mol. The van der Waals surface area contributed by atoms with Gasteiger partial charge in [0.25, 0.3) is 5.56 Å². The Bertz CT molecular complexity index is 699. The van der Waals surface area contributed by atoms with Gasteiger partial charge in [-0.15, -0.1) is 0 Å². The van der Waals surface area contributed by atoms with Crippen LogP contribution in [0.15, 0.2) is 29.3 Å². The lowest BCUT2D eigenvalue weighted by Crippen LogP contribution is -2.07. The third kappa shape index (κ3) is 3.60. The maximum Gasteiger partial charge on any atom is 0.348 e. The van der Waals surface area contributed by atoms with Crippen LogP contribution in [0.25, 0.3) is 11.2 Å². The smallest absolute Gasteiger partial charge is 0.321 e. The van der Waals surface area contributed by atoms with E-state index in [2.05, 4.69) is 15.0 Å². The summed E-state index contributed by atoms with van der Waals surface area (Å²) in [5, 5.41) is 0. The van der Waals surface area contributed by atoms with Crippen LogP contribution < -0.4 is 5.56 Å². The van der Waals surface area contributed by atoms with E-state index in [1.165, 1.54) is 18.7 Å². The molecule has 0 aliphatic rings. The molecular formula is C10H13N4O4P. The third-order valence-electron chi connectivity index (χ3n) is 2.48. The molecule has 0 bridgehead atoms. The zero-order valence-corrected chi connectivity index (χ0v) is 10.8.